The Labute approximate surface area is 132 Å². The molecule has 1 aromatic heterocycles. The summed E-state index contributed by atoms with van der Waals surface area (Å²) >= 11 is 3.19. The van der Waals surface area contributed by atoms with Crippen LogP contribution < -0.4 is 11.4 Å². The molecule has 1 aromatic rings. The van der Waals surface area contributed by atoms with Gasteiger partial charge in [0.2, 0.25) is 0 Å². The molecule has 1 saturated heterocycles. The summed E-state index contributed by atoms with van der Waals surface area (Å²) in [5, 5.41) is 27.9. The van der Waals surface area contributed by atoms with Gasteiger partial charge in [-0.15, -0.1) is 0 Å². The fraction of sp³-hybridized carbons (Fsp3) is 0.417. The van der Waals surface area contributed by atoms with Gasteiger partial charge < -0.3 is 25.8 Å². The third kappa shape index (κ3) is 3.19. The number of ether oxygens (including phenoxy) is 1. The van der Waals surface area contributed by atoms with Gasteiger partial charge in [0, 0.05) is 17.8 Å². The van der Waals surface area contributed by atoms with Crippen LogP contribution in [-0.4, -0.2) is 54.5 Å². The topological polar surface area (TPSA) is 148 Å². The average molecular weight is 376 g/mol. The Hall–Kier alpha value is -1.75. The molecule has 0 aliphatic carbocycles. The first-order valence-corrected chi connectivity index (χ1v) is 7.15. The molecule has 120 valence electrons. The van der Waals surface area contributed by atoms with Crippen LogP contribution >= 0.6 is 15.9 Å². The number of nitrogens with zero attached hydrogens (tertiary/aromatic N) is 2. The Balaban J connectivity index is 2.41. The third-order valence-electron chi connectivity index (χ3n) is 3.16. The lowest BCUT2D eigenvalue weighted by Gasteiger charge is -2.18. The summed E-state index contributed by atoms with van der Waals surface area (Å²) in [4.78, 5) is 25.5. The minimum atomic E-state index is -1.19. The van der Waals surface area contributed by atoms with E-state index in [-0.39, 0.29) is 18.0 Å². The van der Waals surface area contributed by atoms with Crippen molar-refractivity contribution in [3.8, 4) is 0 Å². The Morgan fingerprint density at radius 1 is 1.59 bits per heavy atom. The highest BCUT2D eigenvalue weighted by atomic mass is 79.9. The summed E-state index contributed by atoms with van der Waals surface area (Å²) in [6.45, 7) is -0.341. The molecule has 0 unspecified atom stereocenters. The molecule has 0 aromatic carbocycles. The smallest absolute Gasteiger partial charge is 0.351 e. The number of rotatable bonds is 4. The average Bonchev–Trinajstić information content (AvgIpc) is 2.74. The van der Waals surface area contributed by atoms with Gasteiger partial charge in [-0.25, -0.2) is 9.59 Å². The van der Waals surface area contributed by atoms with Crippen LogP contribution in [0.1, 0.15) is 11.8 Å². The fourth-order valence-electron chi connectivity index (χ4n) is 2.05. The number of alkyl halides is 1. The number of carbonyl (C=O) groups is 1. The molecule has 4 atom stereocenters. The van der Waals surface area contributed by atoms with E-state index in [0.29, 0.717) is 0 Å². The van der Waals surface area contributed by atoms with Crippen molar-refractivity contribution >= 4 is 33.8 Å². The number of carboxylic acids is 1. The molecule has 2 rings (SSSR count). The van der Waals surface area contributed by atoms with Crippen molar-refractivity contribution in [2.75, 3.05) is 12.3 Å². The molecule has 0 saturated carbocycles. The largest absolute Gasteiger partial charge is 0.478 e. The van der Waals surface area contributed by atoms with Crippen molar-refractivity contribution in [1.29, 1.82) is 0 Å². The van der Waals surface area contributed by atoms with Gasteiger partial charge in [0.1, 0.15) is 11.9 Å². The molecule has 1 aliphatic rings. The van der Waals surface area contributed by atoms with Gasteiger partial charge in [-0.2, -0.15) is 4.98 Å². The third-order valence-corrected chi connectivity index (χ3v) is 4.29. The number of aromatic nitrogens is 2. The van der Waals surface area contributed by atoms with Crippen LogP contribution in [-0.2, 0) is 9.53 Å². The van der Waals surface area contributed by atoms with E-state index in [2.05, 4.69) is 20.9 Å². The SMILES string of the molecule is Nc1nc(=O)n([C@@H]2O[C@H](CO)[C@H](Br)[C@H]2O)cc1/C=C/C(=O)O. The van der Waals surface area contributed by atoms with E-state index in [9.17, 15) is 14.7 Å². The number of carboxylic acid groups (broad SMARTS) is 1. The van der Waals surface area contributed by atoms with Crippen molar-refractivity contribution in [2.45, 2.75) is 23.3 Å². The zero-order chi connectivity index (χ0) is 16.4. The summed E-state index contributed by atoms with van der Waals surface area (Å²) in [7, 11) is 0. The summed E-state index contributed by atoms with van der Waals surface area (Å²) < 4.78 is 6.42. The van der Waals surface area contributed by atoms with Crippen LogP contribution in [0.4, 0.5) is 5.82 Å². The van der Waals surface area contributed by atoms with E-state index >= 15 is 0 Å². The van der Waals surface area contributed by atoms with Gasteiger partial charge in [0.15, 0.2) is 6.23 Å². The van der Waals surface area contributed by atoms with E-state index in [4.69, 9.17) is 20.7 Å². The molecule has 0 spiro atoms. The van der Waals surface area contributed by atoms with Gasteiger partial charge in [-0.1, -0.05) is 15.9 Å². The summed E-state index contributed by atoms with van der Waals surface area (Å²) in [6, 6.07) is 0. The van der Waals surface area contributed by atoms with Gasteiger partial charge in [0.25, 0.3) is 0 Å². The summed E-state index contributed by atoms with van der Waals surface area (Å²) in [5.74, 6) is -1.32. The first-order chi connectivity index (χ1) is 10.3. The van der Waals surface area contributed by atoms with Crippen LogP contribution in [0.15, 0.2) is 17.1 Å². The normalized spacial score (nSPS) is 28.3. The maximum Gasteiger partial charge on any atom is 0.351 e. The number of aliphatic hydroxyl groups is 2. The zero-order valence-electron chi connectivity index (χ0n) is 11.2. The predicted molar refractivity (Wildman–Crippen MR) is 79.3 cm³/mol. The summed E-state index contributed by atoms with van der Waals surface area (Å²) in [6.07, 6.45) is 0.408. The first kappa shape index (κ1) is 16.6. The fourth-order valence-corrected chi connectivity index (χ4v) is 2.61. The van der Waals surface area contributed by atoms with E-state index in [0.717, 1.165) is 10.6 Å². The van der Waals surface area contributed by atoms with Gasteiger partial charge >= 0.3 is 11.7 Å². The van der Waals surface area contributed by atoms with Crippen molar-refractivity contribution in [2.24, 2.45) is 0 Å². The van der Waals surface area contributed by atoms with E-state index in [1.807, 2.05) is 0 Å². The van der Waals surface area contributed by atoms with E-state index < -0.39 is 34.9 Å². The molecule has 2 heterocycles. The van der Waals surface area contributed by atoms with Crippen molar-refractivity contribution in [1.82, 2.24) is 9.55 Å². The number of aliphatic hydroxyl groups excluding tert-OH is 2. The molecule has 0 bridgehead atoms. The second kappa shape index (κ2) is 6.57. The molecule has 1 fully saturated rings. The lowest BCUT2D eigenvalue weighted by molar-refractivity contribution is -0.131. The molecular formula is C12H14BrN3O6. The quantitative estimate of drug-likeness (QED) is 0.384. The van der Waals surface area contributed by atoms with Crippen LogP contribution in [0, 0.1) is 0 Å². The van der Waals surface area contributed by atoms with Crippen LogP contribution in [0.2, 0.25) is 0 Å². The van der Waals surface area contributed by atoms with Crippen molar-refractivity contribution in [3.63, 3.8) is 0 Å². The Bertz CT molecular complexity index is 661. The Morgan fingerprint density at radius 3 is 2.82 bits per heavy atom. The highest BCUT2D eigenvalue weighted by Gasteiger charge is 2.43. The lowest BCUT2D eigenvalue weighted by Crippen LogP contribution is -2.34. The Kier molecular flexibility index (Phi) is 4.96. The number of nitrogens with two attached hydrogens (primary N) is 1. The molecular weight excluding hydrogens is 362 g/mol. The molecule has 22 heavy (non-hydrogen) atoms. The predicted octanol–water partition coefficient (Wildman–Crippen LogP) is -1.06. The second-order valence-electron chi connectivity index (χ2n) is 4.63. The number of halogens is 1. The number of aliphatic carboxylic acids is 1. The standard InChI is InChI=1S/C12H14BrN3O6/c13-8-6(4-17)22-11(9(8)20)16-3-5(1-2-7(18)19)10(14)15-12(16)21/h1-3,6,8-9,11,17,20H,4H2,(H,18,19)(H2,14,15,21)/b2-1+/t6-,8+,9-,11-/m1/s1. The number of hydrogen-bond acceptors (Lipinski definition) is 7. The van der Waals surface area contributed by atoms with Crippen molar-refractivity contribution in [3.05, 3.63) is 28.3 Å². The molecule has 5 N–H and O–H groups in total. The second-order valence-corrected chi connectivity index (χ2v) is 5.68. The van der Waals surface area contributed by atoms with Gasteiger partial charge in [-0.3, -0.25) is 4.57 Å². The molecule has 0 amide bonds. The minimum Gasteiger partial charge on any atom is -0.478 e. The van der Waals surface area contributed by atoms with Crippen LogP contribution in [0.3, 0.4) is 0 Å². The van der Waals surface area contributed by atoms with Gasteiger partial charge in [0.05, 0.1) is 17.5 Å². The highest BCUT2D eigenvalue weighted by Crippen LogP contribution is 2.33. The molecule has 1 aliphatic heterocycles. The van der Waals surface area contributed by atoms with Crippen molar-refractivity contribution < 1.29 is 24.9 Å². The Morgan fingerprint density at radius 2 is 2.27 bits per heavy atom. The van der Waals surface area contributed by atoms with Gasteiger partial charge in [-0.05, 0) is 6.08 Å². The van der Waals surface area contributed by atoms with Crippen LogP contribution in [0.25, 0.3) is 6.08 Å². The molecule has 9 nitrogen and oxygen atoms in total. The number of hydrogen-bond donors (Lipinski definition) is 4. The van der Waals surface area contributed by atoms with Crippen LogP contribution in [0.5, 0.6) is 0 Å². The lowest BCUT2D eigenvalue weighted by atomic mass is 10.2. The van der Waals surface area contributed by atoms with E-state index in [1.165, 1.54) is 12.3 Å². The molecule has 0 radical (unpaired) electrons. The summed E-state index contributed by atoms with van der Waals surface area (Å²) in [5.41, 5.74) is 5.00. The minimum absolute atomic E-state index is 0.139. The molecule has 10 heteroatoms. The number of nitrogen functional groups attached to an aromatic ring is 1. The maximum atomic E-state index is 11.9. The highest BCUT2D eigenvalue weighted by molar-refractivity contribution is 9.09. The maximum absolute atomic E-state index is 11.9. The van der Waals surface area contributed by atoms with E-state index in [1.54, 1.807) is 0 Å². The monoisotopic (exact) mass is 375 g/mol. The number of anilines is 1. The zero-order valence-corrected chi connectivity index (χ0v) is 12.8. The first-order valence-electron chi connectivity index (χ1n) is 6.23.